The van der Waals surface area contributed by atoms with Gasteiger partial charge in [-0.25, -0.2) is 0 Å². The first-order valence-corrected chi connectivity index (χ1v) is 9.38. The number of nitriles is 1. The second-order valence-corrected chi connectivity index (χ2v) is 7.63. The second-order valence-electron chi connectivity index (χ2n) is 7.63. The maximum Gasteiger partial charge on any atom is 0.417 e. The zero-order valence-corrected chi connectivity index (χ0v) is 16.7. The van der Waals surface area contributed by atoms with Gasteiger partial charge in [0.2, 0.25) is 5.91 Å². The molecule has 0 aromatic heterocycles. The fraction of sp³-hybridized carbons (Fsp3) is 0.550. The molecule has 0 spiro atoms. The molecule has 1 unspecified atom stereocenters. The molecule has 2 rings (SSSR count). The number of piperazine rings is 1. The molecule has 1 fully saturated rings. The number of nitrogens with zero attached hydrogens (tertiary/aromatic N) is 3. The Balaban J connectivity index is 1.96. The summed E-state index contributed by atoms with van der Waals surface area (Å²) in [5, 5.41) is 12.0. The lowest BCUT2D eigenvalue weighted by molar-refractivity contribution is -0.138. The van der Waals surface area contributed by atoms with Crippen LogP contribution in [0.25, 0.3) is 0 Å². The van der Waals surface area contributed by atoms with Crippen molar-refractivity contribution in [1.82, 2.24) is 15.1 Å². The van der Waals surface area contributed by atoms with Crippen LogP contribution in [0.1, 0.15) is 36.7 Å². The quantitative estimate of drug-likeness (QED) is 0.809. The van der Waals surface area contributed by atoms with Gasteiger partial charge in [0.1, 0.15) is 5.54 Å². The minimum Gasteiger partial charge on any atom is -0.337 e. The molecule has 1 saturated heterocycles. The van der Waals surface area contributed by atoms with Gasteiger partial charge in [-0.1, -0.05) is 26.0 Å². The van der Waals surface area contributed by atoms with Crippen LogP contribution in [-0.2, 0) is 11.0 Å². The lowest BCUT2D eigenvalue weighted by Crippen LogP contribution is -2.55. The van der Waals surface area contributed by atoms with Gasteiger partial charge in [-0.2, -0.15) is 18.4 Å². The molecule has 2 amide bonds. The Morgan fingerprint density at radius 1 is 1.17 bits per heavy atom. The van der Waals surface area contributed by atoms with E-state index >= 15 is 0 Å². The normalized spacial score (nSPS) is 17.5. The van der Waals surface area contributed by atoms with Gasteiger partial charge in [0.05, 0.1) is 23.7 Å². The molecule has 1 atom stereocenters. The molecular formula is C20H25F3N4O2. The van der Waals surface area contributed by atoms with E-state index in [1.807, 2.05) is 18.7 Å². The molecule has 29 heavy (non-hydrogen) atoms. The topological polar surface area (TPSA) is 76.4 Å². The third-order valence-electron chi connectivity index (χ3n) is 5.28. The van der Waals surface area contributed by atoms with Crippen LogP contribution in [0.2, 0.25) is 0 Å². The third-order valence-corrected chi connectivity index (χ3v) is 5.28. The average Bonchev–Trinajstić information content (AvgIpc) is 2.67. The minimum absolute atomic E-state index is 0.0607. The molecule has 0 bridgehead atoms. The third kappa shape index (κ3) is 5.48. The van der Waals surface area contributed by atoms with Gasteiger partial charge in [-0.15, -0.1) is 0 Å². The van der Waals surface area contributed by atoms with E-state index in [2.05, 4.69) is 11.4 Å². The Morgan fingerprint density at radius 3 is 2.28 bits per heavy atom. The molecule has 9 heteroatoms. The Kier molecular flexibility index (Phi) is 6.90. The summed E-state index contributed by atoms with van der Waals surface area (Å²) in [6, 6.07) is 6.85. The van der Waals surface area contributed by atoms with Crippen LogP contribution in [0.5, 0.6) is 0 Å². The first-order valence-electron chi connectivity index (χ1n) is 9.38. The van der Waals surface area contributed by atoms with Gasteiger partial charge in [0.15, 0.2) is 0 Å². The summed E-state index contributed by atoms with van der Waals surface area (Å²) >= 11 is 0. The molecule has 0 aliphatic carbocycles. The van der Waals surface area contributed by atoms with E-state index in [-0.39, 0.29) is 37.0 Å². The number of halogens is 3. The van der Waals surface area contributed by atoms with Crippen molar-refractivity contribution in [1.29, 1.82) is 5.26 Å². The molecule has 1 aliphatic heterocycles. The fourth-order valence-electron chi connectivity index (χ4n) is 3.03. The summed E-state index contributed by atoms with van der Waals surface area (Å²) < 4.78 is 39.5. The molecule has 1 aliphatic rings. The smallest absolute Gasteiger partial charge is 0.337 e. The van der Waals surface area contributed by atoms with Crippen molar-refractivity contribution in [2.24, 2.45) is 5.92 Å². The van der Waals surface area contributed by atoms with Crippen LogP contribution < -0.4 is 5.32 Å². The van der Waals surface area contributed by atoms with Gasteiger partial charge < -0.3 is 10.2 Å². The summed E-state index contributed by atoms with van der Waals surface area (Å²) in [6.45, 7) is 6.56. The number of nitrogens with one attached hydrogen (secondary N) is 1. The predicted octanol–water partition coefficient (Wildman–Crippen LogP) is 2.52. The first-order chi connectivity index (χ1) is 13.5. The van der Waals surface area contributed by atoms with E-state index in [1.54, 1.807) is 6.92 Å². The van der Waals surface area contributed by atoms with E-state index in [4.69, 9.17) is 0 Å². The van der Waals surface area contributed by atoms with Crippen molar-refractivity contribution in [2.45, 2.75) is 32.5 Å². The maximum atomic E-state index is 13.2. The molecule has 1 aromatic rings. The molecule has 0 saturated carbocycles. The van der Waals surface area contributed by atoms with E-state index in [1.165, 1.54) is 23.1 Å². The predicted molar refractivity (Wildman–Crippen MR) is 101 cm³/mol. The van der Waals surface area contributed by atoms with E-state index in [0.29, 0.717) is 13.1 Å². The van der Waals surface area contributed by atoms with Crippen molar-refractivity contribution in [3.63, 3.8) is 0 Å². The number of amides is 2. The van der Waals surface area contributed by atoms with Crippen molar-refractivity contribution in [2.75, 3.05) is 32.7 Å². The molecule has 6 nitrogen and oxygen atoms in total. The number of hydrogen-bond donors (Lipinski definition) is 1. The first kappa shape index (κ1) is 22.7. The monoisotopic (exact) mass is 410 g/mol. The van der Waals surface area contributed by atoms with Gasteiger partial charge >= 0.3 is 6.18 Å². The molecular weight excluding hydrogens is 385 g/mol. The highest BCUT2D eigenvalue weighted by Crippen LogP contribution is 2.32. The van der Waals surface area contributed by atoms with Gasteiger partial charge in [0, 0.05) is 26.2 Å². The second kappa shape index (κ2) is 8.82. The minimum atomic E-state index is -4.60. The van der Waals surface area contributed by atoms with Crippen molar-refractivity contribution < 1.29 is 22.8 Å². The molecule has 158 valence electrons. The van der Waals surface area contributed by atoms with Gasteiger partial charge in [0.25, 0.3) is 5.91 Å². The van der Waals surface area contributed by atoms with Gasteiger partial charge in [-0.3, -0.25) is 14.5 Å². The van der Waals surface area contributed by atoms with E-state index < -0.39 is 23.2 Å². The number of rotatable bonds is 5. The van der Waals surface area contributed by atoms with Crippen LogP contribution in [0.15, 0.2) is 24.3 Å². The van der Waals surface area contributed by atoms with Crippen LogP contribution in [0.4, 0.5) is 13.2 Å². The van der Waals surface area contributed by atoms with Crippen LogP contribution in [-0.4, -0.2) is 59.9 Å². The number of hydrogen-bond acceptors (Lipinski definition) is 4. The summed E-state index contributed by atoms with van der Waals surface area (Å²) in [7, 11) is 0. The maximum absolute atomic E-state index is 13.2. The number of benzene rings is 1. The zero-order valence-electron chi connectivity index (χ0n) is 16.7. The standard InChI is InChI=1S/C20H25F3N4O2/c1-14(2)19(3,13-24)25-17(28)12-26-8-10-27(11-9-26)18(29)15-6-4-5-7-16(15)20(21,22)23/h4-7,14H,8-12H2,1-3H3,(H,25,28). The summed E-state index contributed by atoms with van der Waals surface area (Å²) in [4.78, 5) is 28.0. The SMILES string of the molecule is CC(C)C(C)(C#N)NC(=O)CN1CCN(C(=O)c2ccccc2C(F)(F)F)CC1. The Morgan fingerprint density at radius 2 is 1.76 bits per heavy atom. The largest absolute Gasteiger partial charge is 0.417 e. The Bertz CT molecular complexity index is 796. The van der Waals surface area contributed by atoms with Crippen molar-refractivity contribution >= 4 is 11.8 Å². The van der Waals surface area contributed by atoms with Crippen LogP contribution in [0.3, 0.4) is 0 Å². The lowest BCUT2D eigenvalue weighted by atomic mass is 9.90. The van der Waals surface area contributed by atoms with Gasteiger partial charge in [-0.05, 0) is 25.0 Å². The highest BCUT2D eigenvalue weighted by atomic mass is 19.4. The molecule has 0 radical (unpaired) electrons. The number of carbonyl (C=O) groups excluding carboxylic acids is 2. The molecule has 1 aromatic carbocycles. The number of alkyl halides is 3. The van der Waals surface area contributed by atoms with Crippen molar-refractivity contribution in [3.05, 3.63) is 35.4 Å². The van der Waals surface area contributed by atoms with E-state index in [0.717, 1.165) is 6.07 Å². The van der Waals surface area contributed by atoms with Crippen molar-refractivity contribution in [3.8, 4) is 6.07 Å². The van der Waals surface area contributed by atoms with Crippen LogP contribution in [0, 0.1) is 17.2 Å². The highest BCUT2D eigenvalue weighted by molar-refractivity contribution is 5.96. The molecule has 1 heterocycles. The fourth-order valence-corrected chi connectivity index (χ4v) is 3.03. The van der Waals surface area contributed by atoms with Crippen LogP contribution >= 0.6 is 0 Å². The Hall–Kier alpha value is -2.60. The van der Waals surface area contributed by atoms with E-state index in [9.17, 15) is 28.0 Å². The highest BCUT2D eigenvalue weighted by Gasteiger charge is 2.36. The summed E-state index contributed by atoms with van der Waals surface area (Å²) in [6.07, 6.45) is -4.60. The summed E-state index contributed by atoms with van der Waals surface area (Å²) in [5.41, 5.74) is -2.29. The molecule has 1 N–H and O–H groups in total. The number of carbonyl (C=O) groups is 2. The zero-order chi connectivity index (χ0) is 21.8. The Labute approximate surface area is 168 Å². The lowest BCUT2D eigenvalue weighted by Gasteiger charge is -2.35. The summed E-state index contributed by atoms with van der Waals surface area (Å²) in [5.74, 6) is -1.04. The average molecular weight is 410 g/mol.